The van der Waals surface area contributed by atoms with Gasteiger partial charge in [0.05, 0.1) is 6.04 Å². The lowest BCUT2D eigenvalue weighted by Crippen LogP contribution is -2.52. The van der Waals surface area contributed by atoms with Gasteiger partial charge < -0.3 is 11.1 Å². The Morgan fingerprint density at radius 3 is 2.63 bits per heavy atom. The minimum absolute atomic E-state index is 0.0354. The van der Waals surface area contributed by atoms with Crippen LogP contribution in [0, 0.1) is 5.92 Å². The van der Waals surface area contributed by atoms with E-state index in [-0.39, 0.29) is 6.04 Å². The second-order valence-corrected chi connectivity index (χ2v) is 5.27. The third-order valence-electron chi connectivity index (χ3n) is 3.62. The van der Waals surface area contributed by atoms with Crippen LogP contribution in [0.15, 0.2) is 0 Å². The highest BCUT2D eigenvalue weighted by Crippen LogP contribution is 2.20. The Kier molecular flexibility index (Phi) is 5.61. The predicted molar refractivity (Wildman–Crippen MR) is 66.5 cm³/mol. The molecule has 1 aliphatic heterocycles. The number of hydrogen-bond donors (Lipinski definition) is 2. The van der Waals surface area contributed by atoms with E-state index >= 15 is 0 Å². The van der Waals surface area contributed by atoms with E-state index in [1.807, 2.05) is 17.1 Å². The zero-order valence-electron chi connectivity index (χ0n) is 11.3. The molecule has 19 heavy (non-hydrogen) atoms. The summed E-state index contributed by atoms with van der Waals surface area (Å²) in [6, 6.07) is -0.517. The van der Waals surface area contributed by atoms with Crippen LogP contribution in [-0.2, 0) is 4.79 Å². The quantitative estimate of drug-likeness (QED) is 0.811. The number of likely N-dealkylation sites (tertiary alicyclic amines) is 1. The lowest BCUT2D eigenvalue weighted by Gasteiger charge is -2.37. The van der Waals surface area contributed by atoms with Gasteiger partial charge in [0.2, 0.25) is 5.91 Å². The van der Waals surface area contributed by atoms with E-state index in [1.54, 1.807) is 6.92 Å². The van der Waals surface area contributed by atoms with Crippen LogP contribution in [0.5, 0.6) is 0 Å². The Morgan fingerprint density at radius 2 is 2.11 bits per heavy atom. The Balaban J connectivity index is 2.47. The standard InChI is InChI=1S/C12H22F3N3O/c1-8(16)10-4-3-5-18(6-10)9(2)11(19)17-7-12(13,14)15/h8-10H,3-7,16H2,1-2H3,(H,17,19). The first-order chi connectivity index (χ1) is 8.70. The summed E-state index contributed by atoms with van der Waals surface area (Å²) in [7, 11) is 0. The van der Waals surface area contributed by atoms with Crippen molar-refractivity contribution in [2.24, 2.45) is 11.7 Å². The zero-order valence-corrected chi connectivity index (χ0v) is 11.3. The smallest absolute Gasteiger partial charge is 0.346 e. The molecule has 1 saturated heterocycles. The molecule has 3 atom stereocenters. The highest BCUT2D eigenvalue weighted by molar-refractivity contribution is 5.81. The number of halogens is 3. The summed E-state index contributed by atoms with van der Waals surface area (Å²) < 4.78 is 36.1. The SMILES string of the molecule is CC(N)C1CCCN(C(C)C(=O)NCC(F)(F)F)C1. The van der Waals surface area contributed by atoms with Crippen LogP contribution in [0.3, 0.4) is 0 Å². The van der Waals surface area contributed by atoms with Gasteiger partial charge in [0.15, 0.2) is 0 Å². The summed E-state index contributed by atoms with van der Waals surface area (Å²) in [6.45, 7) is 3.67. The largest absolute Gasteiger partial charge is 0.405 e. The topological polar surface area (TPSA) is 58.4 Å². The third kappa shape index (κ3) is 5.36. The van der Waals surface area contributed by atoms with Crippen molar-refractivity contribution in [2.75, 3.05) is 19.6 Å². The van der Waals surface area contributed by atoms with E-state index in [0.717, 1.165) is 19.4 Å². The van der Waals surface area contributed by atoms with E-state index in [0.29, 0.717) is 12.5 Å². The normalized spacial score (nSPS) is 24.8. The number of alkyl halides is 3. The minimum Gasteiger partial charge on any atom is -0.346 e. The first-order valence-electron chi connectivity index (χ1n) is 6.55. The summed E-state index contributed by atoms with van der Waals surface area (Å²) in [5.74, 6) is -0.283. The van der Waals surface area contributed by atoms with Crippen LogP contribution in [0.1, 0.15) is 26.7 Å². The molecule has 1 aliphatic rings. The first kappa shape index (κ1) is 16.2. The molecular weight excluding hydrogens is 259 g/mol. The number of amides is 1. The van der Waals surface area contributed by atoms with Crippen LogP contribution in [0.2, 0.25) is 0 Å². The number of carbonyl (C=O) groups is 1. The number of nitrogens with one attached hydrogen (secondary N) is 1. The van der Waals surface area contributed by atoms with Crippen LogP contribution < -0.4 is 11.1 Å². The monoisotopic (exact) mass is 281 g/mol. The number of nitrogens with zero attached hydrogens (tertiary/aromatic N) is 1. The molecule has 3 unspecified atom stereocenters. The summed E-state index contributed by atoms with van der Waals surface area (Å²) >= 11 is 0. The van der Waals surface area contributed by atoms with Gasteiger partial charge in [-0.05, 0) is 39.2 Å². The van der Waals surface area contributed by atoms with Crippen molar-refractivity contribution < 1.29 is 18.0 Å². The molecule has 0 radical (unpaired) electrons. The van der Waals surface area contributed by atoms with Gasteiger partial charge in [0, 0.05) is 12.6 Å². The Hall–Kier alpha value is -0.820. The van der Waals surface area contributed by atoms with Crippen LogP contribution in [0.25, 0.3) is 0 Å². The third-order valence-corrected chi connectivity index (χ3v) is 3.62. The molecule has 0 spiro atoms. The van der Waals surface area contributed by atoms with E-state index in [2.05, 4.69) is 0 Å². The Bertz CT molecular complexity index is 307. The maximum Gasteiger partial charge on any atom is 0.405 e. The lowest BCUT2D eigenvalue weighted by atomic mass is 9.91. The maximum atomic E-state index is 12.0. The van der Waals surface area contributed by atoms with Crippen molar-refractivity contribution in [3.05, 3.63) is 0 Å². The number of rotatable bonds is 4. The first-order valence-corrected chi connectivity index (χ1v) is 6.55. The van der Waals surface area contributed by atoms with Gasteiger partial charge in [0.25, 0.3) is 0 Å². The van der Waals surface area contributed by atoms with Gasteiger partial charge in [0.1, 0.15) is 6.54 Å². The number of carbonyl (C=O) groups excluding carboxylic acids is 1. The minimum atomic E-state index is -4.37. The van der Waals surface area contributed by atoms with E-state index in [1.165, 1.54) is 0 Å². The Morgan fingerprint density at radius 1 is 1.47 bits per heavy atom. The van der Waals surface area contributed by atoms with Gasteiger partial charge >= 0.3 is 6.18 Å². The molecule has 0 aliphatic carbocycles. The number of nitrogens with two attached hydrogens (primary N) is 1. The van der Waals surface area contributed by atoms with Crippen molar-refractivity contribution in [2.45, 2.75) is 44.9 Å². The van der Waals surface area contributed by atoms with E-state index < -0.39 is 24.7 Å². The molecular formula is C12H22F3N3O. The lowest BCUT2D eigenvalue weighted by molar-refractivity contribution is -0.141. The number of piperidine rings is 1. The van der Waals surface area contributed by atoms with Gasteiger partial charge in [-0.1, -0.05) is 0 Å². The average Bonchev–Trinajstić information content (AvgIpc) is 2.34. The van der Waals surface area contributed by atoms with E-state index in [9.17, 15) is 18.0 Å². The fourth-order valence-corrected chi connectivity index (χ4v) is 2.32. The molecule has 4 nitrogen and oxygen atoms in total. The molecule has 0 aromatic rings. The summed E-state index contributed by atoms with van der Waals surface area (Å²) in [4.78, 5) is 13.6. The van der Waals surface area contributed by atoms with Crippen molar-refractivity contribution in [1.82, 2.24) is 10.2 Å². The van der Waals surface area contributed by atoms with Crippen LogP contribution >= 0.6 is 0 Å². The zero-order chi connectivity index (χ0) is 14.6. The molecule has 112 valence electrons. The molecule has 1 heterocycles. The van der Waals surface area contributed by atoms with E-state index in [4.69, 9.17) is 5.73 Å². The van der Waals surface area contributed by atoms with Gasteiger partial charge in [-0.25, -0.2) is 0 Å². The predicted octanol–water partition coefficient (Wildman–Crippen LogP) is 1.11. The molecule has 7 heteroatoms. The number of hydrogen-bond acceptors (Lipinski definition) is 3. The molecule has 3 N–H and O–H groups in total. The molecule has 1 rings (SSSR count). The fourth-order valence-electron chi connectivity index (χ4n) is 2.32. The molecule has 0 saturated carbocycles. The fraction of sp³-hybridized carbons (Fsp3) is 0.917. The summed E-state index contributed by atoms with van der Waals surface area (Å²) in [5.41, 5.74) is 5.85. The van der Waals surface area contributed by atoms with Gasteiger partial charge in [-0.15, -0.1) is 0 Å². The van der Waals surface area contributed by atoms with Crippen LogP contribution in [-0.4, -0.2) is 48.7 Å². The summed E-state index contributed by atoms with van der Waals surface area (Å²) in [6.07, 6.45) is -2.44. The second kappa shape index (κ2) is 6.56. The highest BCUT2D eigenvalue weighted by Gasteiger charge is 2.32. The second-order valence-electron chi connectivity index (χ2n) is 5.27. The van der Waals surface area contributed by atoms with Crippen molar-refractivity contribution in [1.29, 1.82) is 0 Å². The molecule has 1 amide bonds. The molecule has 0 bridgehead atoms. The maximum absolute atomic E-state index is 12.0. The van der Waals surface area contributed by atoms with Crippen LogP contribution in [0.4, 0.5) is 13.2 Å². The van der Waals surface area contributed by atoms with Crippen molar-refractivity contribution in [3.63, 3.8) is 0 Å². The average molecular weight is 281 g/mol. The van der Waals surface area contributed by atoms with Gasteiger partial charge in [-0.3, -0.25) is 9.69 Å². The molecule has 0 aromatic carbocycles. The molecule has 1 fully saturated rings. The Labute approximate surface area is 111 Å². The highest BCUT2D eigenvalue weighted by atomic mass is 19.4. The van der Waals surface area contributed by atoms with Crippen molar-refractivity contribution >= 4 is 5.91 Å². The molecule has 0 aromatic heterocycles. The summed E-state index contributed by atoms with van der Waals surface area (Å²) in [5, 5.41) is 1.93. The van der Waals surface area contributed by atoms with Crippen molar-refractivity contribution in [3.8, 4) is 0 Å². The van der Waals surface area contributed by atoms with Gasteiger partial charge in [-0.2, -0.15) is 13.2 Å².